The number of ether oxygens (including phenoxy) is 1. The summed E-state index contributed by atoms with van der Waals surface area (Å²) in [5.74, 6) is 0.850. The predicted octanol–water partition coefficient (Wildman–Crippen LogP) is 4.11. The van der Waals surface area contributed by atoms with Crippen LogP contribution in [0.4, 0.5) is 13.2 Å². The van der Waals surface area contributed by atoms with Crippen LogP contribution in [0.15, 0.2) is 18.2 Å². The van der Waals surface area contributed by atoms with E-state index in [1.54, 1.807) is 19.1 Å². The van der Waals surface area contributed by atoms with Gasteiger partial charge in [0.15, 0.2) is 0 Å². The van der Waals surface area contributed by atoms with Gasteiger partial charge in [0.2, 0.25) is 0 Å². The summed E-state index contributed by atoms with van der Waals surface area (Å²) in [4.78, 5) is 0. The first-order chi connectivity index (χ1) is 7.33. The van der Waals surface area contributed by atoms with Crippen molar-refractivity contribution in [3.63, 3.8) is 0 Å². The number of hydrogen-bond donors (Lipinski definition) is 0. The van der Waals surface area contributed by atoms with Crippen molar-refractivity contribution in [1.82, 2.24) is 0 Å². The highest BCUT2D eigenvalue weighted by molar-refractivity contribution is 5.42. The van der Waals surface area contributed by atoms with E-state index in [-0.39, 0.29) is 5.75 Å². The maximum atomic E-state index is 12.2. The van der Waals surface area contributed by atoms with E-state index in [1.165, 1.54) is 6.07 Å². The van der Waals surface area contributed by atoms with Gasteiger partial charge >= 0.3 is 6.36 Å². The Morgan fingerprint density at radius 3 is 2.31 bits per heavy atom. The van der Waals surface area contributed by atoms with E-state index >= 15 is 0 Å². The minimum Gasteiger partial charge on any atom is -0.405 e. The summed E-state index contributed by atoms with van der Waals surface area (Å²) in [6.07, 6.45) is -4.13. The number of hydrogen-bond acceptors (Lipinski definition) is 1. The van der Waals surface area contributed by atoms with E-state index in [9.17, 15) is 13.2 Å². The van der Waals surface area contributed by atoms with Gasteiger partial charge in [0.1, 0.15) is 5.75 Å². The molecule has 0 unspecified atom stereocenters. The molecule has 1 radical (unpaired) electrons. The molecular weight excluding hydrogens is 217 g/mol. The Morgan fingerprint density at radius 1 is 1.25 bits per heavy atom. The van der Waals surface area contributed by atoms with Crippen LogP contribution in [-0.4, -0.2) is 6.36 Å². The van der Waals surface area contributed by atoms with Gasteiger partial charge in [0.05, 0.1) is 0 Å². The first-order valence-corrected chi connectivity index (χ1v) is 5.02. The van der Waals surface area contributed by atoms with E-state index in [0.717, 1.165) is 11.5 Å². The van der Waals surface area contributed by atoms with Crippen molar-refractivity contribution in [2.75, 3.05) is 0 Å². The molecule has 0 aliphatic carbocycles. The van der Waals surface area contributed by atoms with Gasteiger partial charge < -0.3 is 4.74 Å². The molecule has 16 heavy (non-hydrogen) atoms. The fourth-order valence-corrected chi connectivity index (χ4v) is 1.38. The van der Waals surface area contributed by atoms with E-state index in [0.29, 0.717) is 12.0 Å². The molecule has 89 valence electrons. The lowest BCUT2D eigenvalue weighted by atomic mass is 10.0. The van der Waals surface area contributed by atoms with E-state index in [4.69, 9.17) is 0 Å². The van der Waals surface area contributed by atoms with Crippen molar-refractivity contribution in [1.29, 1.82) is 0 Å². The zero-order valence-electron chi connectivity index (χ0n) is 9.48. The molecule has 4 heteroatoms. The molecule has 1 rings (SSSR count). The second kappa shape index (κ2) is 4.76. The third kappa shape index (κ3) is 3.43. The van der Waals surface area contributed by atoms with Gasteiger partial charge in [-0.3, -0.25) is 0 Å². The number of rotatable bonds is 3. The molecule has 0 bridgehead atoms. The first-order valence-electron chi connectivity index (χ1n) is 5.02. The van der Waals surface area contributed by atoms with Gasteiger partial charge in [-0.05, 0) is 29.5 Å². The topological polar surface area (TPSA) is 9.23 Å². The minimum atomic E-state index is -4.63. The Balaban J connectivity index is 3.07. The molecule has 1 nitrogen and oxygen atoms in total. The zero-order chi connectivity index (χ0) is 12.3. The average Bonchev–Trinajstić information content (AvgIpc) is 2.15. The first kappa shape index (κ1) is 12.9. The summed E-state index contributed by atoms with van der Waals surface area (Å²) < 4.78 is 40.5. The van der Waals surface area contributed by atoms with Crippen LogP contribution in [0.5, 0.6) is 5.75 Å². The third-order valence-corrected chi connectivity index (χ3v) is 2.25. The monoisotopic (exact) mass is 231 g/mol. The standard InChI is InChI=1S/C12H14F3O/c1-4-9-5-6-10(8(2)3)7-11(9)16-12(13,14)15/h5-7H,4H2,1-3H3. The molecular formula is C12H14F3O. The van der Waals surface area contributed by atoms with Gasteiger partial charge in [-0.2, -0.15) is 0 Å². The van der Waals surface area contributed by atoms with Gasteiger partial charge in [0, 0.05) is 0 Å². The molecule has 0 amide bonds. The van der Waals surface area contributed by atoms with Crippen LogP contribution in [0.1, 0.15) is 31.9 Å². The van der Waals surface area contributed by atoms with Crippen molar-refractivity contribution in [2.24, 2.45) is 0 Å². The molecule has 0 spiro atoms. The molecule has 0 aliphatic heterocycles. The number of aryl methyl sites for hydroxylation is 1. The molecule has 0 aromatic heterocycles. The maximum Gasteiger partial charge on any atom is 0.573 e. The van der Waals surface area contributed by atoms with Gasteiger partial charge in [-0.15, -0.1) is 13.2 Å². The smallest absolute Gasteiger partial charge is 0.405 e. The van der Waals surface area contributed by atoms with Crippen LogP contribution in [-0.2, 0) is 6.42 Å². The molecule has 0 atom stereocenters. The Labute approximate surface area is 93.2 Å². The summed E-state index contributed by atoms with van der Waals surface area (Å²) in [5.41, 5.74) is 1.32. The van der Waals surface area contributed by atoms with E-state index < -0.39 is 6.36 Å². The predicted molar refractivity (Wildman–Crippen MR) is 56.2 cm³/mol. The molecule has 1 aromatic rings. The summed E-state index contributed by atoms with van der Waals surface area (Å²) >= 11 is 0. The van der Waals surface area contributed by atoms with Crippen LogP contribution >= 0.6 is 0 Å². The molecule has 0 fully saturated rings. The molecule has 0 saturated heterocycles. The molecule has 0 saturated carbocycles. The van der Waals surface area contributed by atoms with E-state index in [1.807, 2.05) is 13.8 Å². The van der Waals surface area contributed by atoms with Crippen LogP contribution in [0.3, 0.4) is 0 Å². The quantitative estimate of drug-likeness (QED) is 0.760. The highest BCUT2D eigenvalue weighted by atomic mass is 19.4. The van der Waals surface area contributed by atoms with Crippen LogP contribution in [0, 0.1) is 5.92 Å². The number of halogens is 3. The van der Waals surface area contributed by atoms with Gasteiger partial charge in [-0.25, -0.2) is 0 Å². The Kier molecular flexibility index (Phi) is 3.83. The van der Waals surface area contributed by atoms with Crippen molar-refractivity contribution in [3.05, 3.63) is 35.2 Å². The zero-order valence-corrected chi connectivity index (χ0v) is 9.48. The number of alkyl halides is 3. The lowest BCUT2D eigenvalue weighted by molar-refractivity contribution is -0.274. The Bertz CT molecular complexity index is 356. The second-order valence-corrected chi connectivity index (χ2v) is 3.72. The van der Waals surface area contributed by atoms with Crippen LogP contribution < -0.4 is 4.74 Å². The Morgan fingerprint density at radius 2 is 1.88 bits per heavy atom. The summed E-state index contributed by atoms with van der Waals surface area (Å²) in [7, 11) is 0. The minimum absolute atomic E-state index is 0.103. The maximum absolute atomic E-state index is 12.2. The number of benzene rings is 1. The van der Waals surface area contributed by atoms with Crippen LogP contribution in [0.25, 0.3) is 0 Å². The SMILES string of the molecule is CCc1ccc([C](C)C)cc1OC(F)(F)F. The van der Waals surface area contributed by atoms with E-state index in [2.05, 4.69) is 4.74 Å². The average molecular weight is 231 g/mol. The van der Waals surface area contributed by atoms with Crippen molar-refractivity contribution >= 4 is 0 Å². The lowest BCUT2D eigenvalue weighted by Gasteiger charge is -2.14. The lowest BCUT2D eigenvalue weighted by Crippen LogP contribution is -2.18. The van der Waals surface area contributed by atoms with Crippen molar-refractivity contribution in [3.8, 4) is 5.75 Å². The second-order valence-electron chi connectivity index (χ2n) is 3.72. The summed E-state index contributed by atoms with van der Waals surface area (Å²) in [6.45, 7) is 5.48. The largest absolute Gasteiger partial charge is 0.573 e. The highest BCUT2D eigenvalue weighted by Crippen LogP contribution is 2.29. The molecule has 0 N–H and O–H groups in total. The molecule has 1 aromatic carbocycles. The third-order valence-electron chi connectivity index (χ3n) is 2.25. The normalized spacial score (nSPS) is 11.9. The highest BCUT2D eigenvalue weighted by Gasteiger charge is 2.32. The van der Waals surface area contributed by atoms with Crippen molar-refractivity contribution < 1.29 is 17.9 Å². The summed E-state index contributed by atoms with van der Waals surface area (Å²) in [6, 6.07) is 4.91. The van der Waals surface area contributed by atoms with Crippen LogP contribution in [0.2, 0.25) is 0 Å². The molecule has 0 aliphatic rings. The van der Waals surface area contributed by atoms with Gasteiger partial charge in [-0.1, -0.05) is 32.9 Å². The molecule has 0 heterocycles. The van der Waals surface area contributed by atoms with Crippen molar-refractivity contribution in [2.45, 2.75) is 33.6 Å². The van der Waals surface area contributed by atoms with Gasteiger partial charge in [0.25, 0.3) is 0 Å². The fraction of sp³-hybridized carbons (Fsp3) is 0.417. The summed E-state index contributed by atoms with van der Waals surface area (Å²) in [5, 5.41) is 0. The fourth-order valence-electron chi connectivity index (χ4n) is 1.38. The Hall–Kier alpha value is -1.19.